The van der Waals surface area contributed by atoms with Crippen LogP contribution in [0.1, 0.15) is 42.6 Å². The van der Waals surface area contributed by atoms with E-state index in [1.54, 1.807) is 6.07 Å². The molecular weight excluding hydrogens is 256 g/mol. The third-order valence-electron chi connectivity index (χ3n) is 3.60. The van der Waals surface area contributed by atoms with Crippen LogP contribution in [0.3, 0.4) is 0 Å². The van der Waals surface area contributed by atoms with E-state index in [1.807, 2.05) is 19.1 Å². The zero-order valence-corrected chi connectivity index (χ0v) is 12.0. The summed E-state index contributed by atoms with van der Waals surface area (Å²) in [7, 11) is 0. The van der Waals surface area contributed by atoms with Gasteiger partial charge in [0, 0.05) is 12.1 Å². The van der Waals surface area contributed by atoms with E-state index in [9.17, 15) is 8.78 Å². The largest absolute Gasteiger partial charge is 0.304 e. The molecule has 0 spiro atoms. The van der Waals surface area contributed by atoms with E-state index in [2.05, 4.69) is 31.3 Å². The Morgan fingerprint density at radius 2 is 1.60 bits per heavy atom. The maximum atomic E-state index is 13.3. The number of hydrogen-bond acceptors (Lipinski definition) is 1. The Morgan fingerprint density at radius 1 is 0.900 bits per heavy atom. The second-order valence-corrected chi connectivity index (χ2v) is 5.14. The number of rotatable bonds is 4. The summed E-state index contributed by atoms with van der Waals surface area (Å²) in [6.45, 7) is 6.08. The molecule has 0 bridgehead atoms. The van der Waals surface area contributed by atoms with E-state index in [1.165, 1.54) is 23.3 Å². The van der Waals surface area contributed by atoms with E-state index >= 15 is 0 Å². The molecule has 2 unspecified atom stereocenters. The van der Waals surface area contributed by atoms with Crippen LogP contribution in [0, 0.1) is 18.6 Å². The first kappa shape index (κ1) is 14.7. The van der Waals surface area contributed by atoms with Crippen LogP contribution in [-0.4, -0.2) is 0 Å². The minimum absolute atomic E-state index is 0.0558. The van der Waals surface area contributed by atoms with Gasteiger partial charge in [0.15, 0.2) is 11.6 Å². The van der Waals surface area contributed by atoms with Gasteiger partial charge in [-0.2, -0.15) is 0 Å². The number of nitrogens with one attached hydrogen (secondary N) is 1. The summed E-state index contributed by atoms with van der Waals surface area (Å²) in [5, 5.41) is 3.41. The first-order valence-electron chi connectivity index (χ1n) is 6.75. The highest BCUT2D eigenvalue weighted by Crippen LogP contribution is 2.22. The van der Waals surface area contributed by atoms with Gasteiger partial charge in [-0.3, -0.25) is 0 Å². The molecule has 2 rings (SSSR count). The molecular formula is C17H19F2N. The number of halogens is 2. The summed E-state index contributed by atoms with van der Waals surface area (Å²) in [6.07, 6.45) is 0. The predicted molar refractivity (Wildman–Crippen MR) is 77.5 cm³/mol. The molecule has 0 aromatic heterocycles. The van der Waals surface area contributed by atoms with Crippen molar-refractivity contribution in [2.75, 3.05) is 0 Å². The van der Waals surface area contributed by atoms with Crippen LogP contribution in [0.15, 0.2) is 42.5 Å². The Kier molecular flexibility index (Phi) is 4.50. The van der Waals surface area contributed by atoms with Crippen molar-refractivity contribution in [3.05, 3.63) is 70.8 Å². The highest BCUT2D eigenvalue weighted by molar-refractivity contribution is 5.29. The maximum Gasteiger partial charge on any atom is 0.159 e. The Hall–Kier alpha value is -1.74. The fraction of sp³-hybridized carbons (Fsp3) is 0.294. The molecule has 20 heavy (non-hydrogen) atoms. The standard InChI is InChI=1S/C17H19F2N/c1-11-6-4-5-7-15(11)13(3)20-12(2)14-8-9-16(18)17(19)10-14/h4-10,12-13,20H,1-3H3. The predicted octanol–water partition coefficient (Wildman–Crippen LogP) is 4.69. The monoisotopic (exact) mass is 275 g/mol. The molecule has 0 saturated carbocycles. The topological polar surface area (TPSA) is 12.0 Å². The fourth-order valence-corrected chi connectivity index (χ4v) is 2.42. The van der Waals surface area contributed by atoms with E-state index in [0.717, 1.165) is 5.56 Å². The van der Waals surface area contributed by atoms with E-state index in [-0.39, 0.29) is 12.1 Å². The lowest BCUT2D eigenvalue weighted by Crippen LogP contribution is -2.23. The molecule has 0 saturated heterocycles. The fourth-order valence-electron chi connectivity index (χ4n) is 2.42. The summed E-state index contributed by atoms with van der Waals surface area (Å²) in [5.41, 5.74) is 3.16. The van der Waals surface area contributed by atoms with Crippen LogP contribution >= 0.6 is 0 Å². The van der Waals surface area contributed by atoms with Crippen LogP contribution in [0.25, 0.3) is 0 Å². The summed E-state index contributed by atoms with van der Waals surface area (Å²) in [5.74, 6) is -1.62. The van der Waals surface area contributed by atoms with Gasteiger partial charge in [0.2, 0.25) is 0 Å². The van der Waals surface area contributed by atoms with Crippen LogP contribution in [-0.2, 0) is 0 Å². The molecule has 2 atom stereocenters. The maximum absolute atomic E-state index is 13.3. The molecule has 2 aromatic rings. The molecule has 106 valence electrons. The number of benzene rings is 2. The molecule has 3 heteroatoms. The quantitative estimate of drug-likeness (QED) is 0.854. The van der Waals surface area contributed by atoms with Crippen LogP contribution < -0.4 is 5.32 Å². The minimum atomic E-state index is -0.812. The van der Waals surface area contributed by atoms with Crippen LogP contribution in [0.2, 0.25) is 0 Å². The van der Waals surface area contributed by atoms with E-state index in [0.29, 0.717) is 0 Å². The third-order valence-corrected chi connectivity index (χ3v) is 3.60. The lowest BCUT2D eigenvalue weighted by Gasteiger charge is -2.22. The van der Waals surface area contributed by atoms with Gasteiger partial charge in [-0.25, -0.2) is 8.78 Å². The molecule has 0 fully saturated rings. The normalized spacial score (nSPS) is 14.1. The smallest absolute Gasteiger partial charge is 0.159 e. The average molecular weight is 275 g/mol. The van der Waals surface area contributed by atoms with Crippen molar-refractivity contribution in [2.45, 2.75) is 32.9 Å². The summed E-state index contributed by atoms with van der Waals surface area (Å²) < 4.78 is 26.2. The Labute approximate surface area is 118 Å². The highest BCUT2D eigenvalue weighted by Gasteiger charge is 2.14. The SMILES string of the molecule is Cc1ccccc1C(C)NC(C)c1ccc(F)c(F)c1. The zero-order valence-electron chi connectivity index (χ0n) is 12.0. The molecule has 0 aliphatic heterocycles. The van der Waals surface area contributed by atoms with Gasteiger partial charge in [0.05, 0.1) is 0 Å². The van der Waals surface area contributed by atoms with Gasteiger partial charge in [0.1, 0.15) is 0 Å². The van der Waals surface area contributed by atoms with Crippen molar-refractivity contribution in [3.8, 4) is 0 Å². The molecule has 0 radical (unpaired) electrons. The molecule has 0 amide bonds. The summed E-state index contributed by atoms with van der Waals surface area (Å²) in [6, 6.07) is 12.3. The van der Waals surface area contributed by atoms with Crippen molar-refractivity contribution < 1.29 is 8.78 Å². The second-order valence-electron chi connectivity index (χ2n) is 5.14. The Morgan fingerprint density at radius 3 is 2.25 bits per heavy atom. The average Bonchev–Trinajstić information content (AvgIpc) is 2.42. The lowest BCUT2D eigenvalue weighted by molar-refractivity contribution is 0.479. The van der Waals surface area contributed by atoms with Crippen molar-refractivity contribution in [3.63, 3.8) is 0 Å². The van der Waals surface area contributed by atoms with Gasteiger partial charge in [-0.15, -0.1) is 0 Å². The van der Waals surface area contributed by atoms with Crippen molar-refractivity contribution in [1.82, 2.24) is 5.32 Å². The van der Waals surface area contributed by atoms with Gasteiger partial charge in [-0.05, 0) is 49.6 Å². The number of aryl methyl sites for hydroxylation is 1. The number of hydrogen-bond donors (Lipinski definition) is 1. The van der Waals surface area contributed by atoms with Gasteiger partial charge in [0.25, 0.3) is 0 Å². The Bertz CT molecular complexity index is 595. The first-order chi connectivity index (χ1) is 9.49. The summed E-state index contributed by atoms with van der Waals surface area (Å²) in [4.78, 5) is 0. The molecule has 2 aromatic carbocycles. The molecule has 1 N–H and O–H groups in total. The van der Waals surface area contributed by atoms with Gasteiger partial charge in [-0.1, -0.05) is 30.3 Å². The van der Waals surface area contributed by atoms with Gasteiger partial charge < -0.3 is 5.32 Å². The minimum Gasteiger partial charge on any atom is -0.304 e. The molecule has 1 nitrogen and oxygen atoms in total. The van der Waals surface area contributed by atoms with Crippen LogP contribution in [0.4, 0.5) is 8.78 Å². The van der Waals surface area contributed by atoms with E-state index in [4.69, 9.17) is 0 Å². The first-order valence-corrected chi connectivity index (χ1v) is 6.75. The lowest BCUT2D eigenvalue weighted by atomic mass is 10.0. The van der Waals surface area contributed by atoms with Gasteiger partial charge >= 0.3 is 0 Å². The second kappa shape index (κ2) is 6.14. The summed E-state index contributed by atoms with van der Waals surface area (Å²) >= 11 is 0. The molecule has 0 aliphatic carbocycles. The van der Waals surface area contributed by atoms with Crippen molar-refractivity contribution in [2.24, 2.45) is 0 Å². The zero-order chi connectivity index (χ0) is 14.7. The van der Waals surface area contributed by atoms with E-state index < -0.39 is 11.6 Å². The van der Waals surface area contributed by atoms with Crippen molar-refractivity contribution >= 4 is 0 Å². The highest BCUT2D eigenvalue weighted by atomic mass is 19.2. The Balaban J connectivity index is 2.13. The molecule has 0 aliphatic rings. The van der Waals surface area contributed by atoms with Crippen molar-refractivity contribution in [1.29, 1.82) is 0 Å². The third kappa shape index (κ3) is 3.23. The van der Waals surface area contributed by atoms with Crippen LogP contribution in [0.5, 0.6) is 0 Å². The molecule has 0 heterocycles.